The molecule has 0 atom stereocenters. The Kier molecular flexibility index (Phi) is 6.93. The van der Waals surface area contributed by atoms with Crippen LogP contribution in [-0.2, 0) is 4.74 Å². The standard InChI is InChI=1S/C12H17ClFNO2/c1-2-16-8-6-15-7-9-17-12-10(13)4-3-5-11(12)14/h3-5,15H,2,6-9H2,1H3. The molecule has 0 unspecified atom stereocenters. The maximum absolute atomic E-state index is 13.3. The molecule has 0 aromatic heterocycles. The lowest BCUT2D eigenvalue weighted by molar-refractivity contribution is 0.148. The van der Waals surface area contributed by atoms with Crippen molar-refractivity contribution in [2.45, 2.75) is 6.92 Å². The average molecular weight is 262 g/mol. The second kappa shape index (κ2) is 8.28. The number of nitrogens with one attached hydrogen (secondary N) is 1. The predicted molar refractivity (Wildman–Crippen MR) is 66.3 cm³/mol. The largest absolute Gasteiger partial charge is 0.488 e. The first-order valence-corrected chi connectivity index (χ1v) is 5.98. The van der Waals surface area contributed by atoms with Gasteiger partial charge in [-0.3, -0.25) is 0 Å². The monoisotopic (exact) mass is 261 g/mol. The number of benzene rings is 1. The van der Waals surface area contributed by atoms with E-state index in [-0.39, 0.29) is 5.75 Å². The highest BCUT2D eigenvalue weighted by Gasteiger charge is 2.07. The van der Waals surface area contributed by atoms with Crippen LogP contribution in [0.5, 0.6) is 5.75 Å². The van der Waals surface area contributed by atoms with Gasteiger partial charge in [-0.1, -0.05) is 17.7 Å². The van der Waals surface area contributed by atoms with E-state index < -0.39 is 5.82 Å². The maximum Gasteiger partial charge on any atom is 0.173 e. The molecular weight excluding hydrogens is 245 g/mol. The molecule has 0 aliphatic carbocycles. The van der Waals surface area contributed by atoms with Crippen LogP contribution in [0.4, 0.5) is 4.39 Å². The molecule has 0 amide bonds. The van der Waals surface area contributed by atoms with Crippen molar-refractivity contribution in [3.8, 4) is 5.75 Å². The molecule has 17 heavy (non-hydrogen) atoms. The zero-order chi connectivity index (χ0) is 12.5. The Balaban J connectivity index is 2.18. The van der Waals surface area contributed by atoms with Crippen LogP contribution in [-0.4, -0.2) is 32.9 Å². The number of hydrogen-bond acceptors (Lipinski definition) is 3. The Morgan fingerprint density at radius 1 is 1.29 bits per heavy atom. The molecule has 5 heteroatoms. The van der Waals surface area contributed by atoms with E-state index in [4.69, 9.17) is 21.1 Å². The molecule has 0 saturated carbocycles. The summed E-state index contributed by atoms with van der Waals surface area (Å²) in [5.74, 6) is -0.326. The second-order valence-corrected chi connectivity index (χ2v) is 3.75. The molecule has 0 heterocycles. The smallest absolute Gasteiger partial charge is 0.173 e. The molecule has 1 N–H and O–H groups in total. The Labute approximate surface area is 106 Å². The van der Waals surface area contributed by atoms with E-state index in [0.717, 1.165) is 6.54 Å². The van der Waals surface area contributed by atoms with Gasteiger partial charge in [0.05, 0.1) is 11.6 Å². The molecule has 0 aliphatic heterocycles. The van der Waals surface area contributed by atoms with Crippen LogP contribution < -0.4 is 10.1 Å². The Morgan fingerprint density at radius 3 is 2.76 bits per heavy atom. The van der Waals surface area contributed by atoms with Crippen LogP contribution in [0.1, 0.15) is 6.92 Å². The Bertz CT molecular complexity index is 316. The molecular formula is C12H17ClFNO2. The molecule has 1 aromatic rings. The van der Waals surface area contributed by atoms with Gasteiger partial charge in [-0.2, -0.15) is 0 Å². The molecule has 0 bridgehead atoms. The average Bonchev–Trinajstić information content (AvgIpc) is 2.31. The third kappa shape index (κ3) is 5.35. The van der Waals surface area contributed by atoms with Crippen LogP contribution in [0.2, 0.25) is 5.02 Å². The Hall–Kier alpha value is -0.840. The van der Waals surface area contributed by atoms with Crippen LogP contribution in [0, 0.1) is 5.82 Å². The molecule has 0 spiro atoms. The minimum Gasteiger partial charge on any atom is -0.488 e. The summed E-state index contributed by atoms with van der Waals surface area (Å²) in [7, 11) is 0. The summed E-state index contributed by atoms with van der Waals surface area (Å²) >= 11 is 5.81. The molecule has 0 aliphatic rings. The fourth-order valence-corrected chi connectivity index (χ4v) is 1.48. The number of hydrogen-bond donors (Lipinski definition) is 1. The fraction of sp³-hybridized carbons (Fsp3) is 0.500. The lowest BCUT2D eigenvalue weighted by atomic mass is 10.3. The van der Waals surface area contributed by atoms with E-state index in [1.807, 2.05) is 6.92 Å². The van der Waals surface area contributed by atoms with Gasteiger partial charge in [0.1, 0.15) is 6.61 Å². The summed E-state index contributed by atoms with van der Waals surface area (Å²) in [6.07, 6.45) is 0. The summed E-state index contributed by atoms with van der Waals surface area (Å²) in [6, 6.07) is 4.47. The van der Waals surface area contributed by atoms with Crippen LogP contribution in [0.3, 0.4) is 0 Å². The zero-order valence-electron chi connectivity index (χ0n) is 9.84. The van der Waals surface area contributed by atoms with Gasteiger partial charge in [0.25, 0.3) is 0 Å². The fourth-order valence-electron chi connectivity index (χ4n) is 1.26. The zero-order valence-corrected chi connectivity index (χ0v) is 10.6. The van der Waals surface area contributed by atoms with Crippen molar-refractivity contribution in [1.82, 2.24) is 5.32 Å². The third-order valence-corrected chi connectivity index (χ3v) is 2.37. The molecule has 0 radical (unpaired) electrons. The van der Waals surface area contributed by atoms with Gasteiger partial charge in [-0.15, -0.1) is 0 Å². The van der Waals surface area contributed by atoms with Crippen LogP contribution >= 0.6 is 11.6 Å². The molecule has 3 nitrogen and oxygen atoms in total. The summed E-state index contributed by atoms with van der Waals surface area (Å²) < 4.78 is 23.7. The van der Waals surface area contributed by atoms with E-state index >= 15 is 0 Å². The highest BCUT2D eigenvalue weighted by Crippen LogP contribution is 2.26. The Morgan fingerprint density at radius 2 is 2.06 bits per heavy atom. The van der Waals surface area contributed by atoms with Gasteiger partial charge in [0.15, 0.2) is 11.6 Å². The molecule has 1 rings (SSSR count). The number of para-hydroxylation sites is 1. The highest BCUT2D eigenvalue weighted by molar-refractivity contribution is 6.32. The number of ether oxygens (including phenoxy) is 2. The quantitative estimate of drug-likeness (QED) is 0.730. The first kappa shape index (κ1) is 14.2. The normalized spacial score (nSPS) is 10.5. The molecule has 1 aromatic carbocycles. The van der Waals surface area contributed by atoms with Gasteiger partial charge < -0.3 is 14.8 Å². The highest BCUT2D eigenvalue weighted by atomic mass is 35.5. The van der Waals surface area contributed by atoms with Gasteiger partial charge >= 0.3 is 0 Å². The van der Waals surface area contributed by atoms with Crippen molar-refractivity contribution < 1.29 is 13.9 Å². The minimum atomic E-state index is -0.438. The predicted octanol–water partition coefficient (Wildman–Crippen LogP) is 2.48. The lowest BCUT2D eigenvalue weighted by Gasteiger charge is -2.09. The SMILES string of the molecule is CCOCCNCCOc1c(F)cccc1Cl. The minimum absolute atomic E-state index is 0.112. The lowest BCUT2D eigenvalue weighted by Crippen LogP contribution is -2.25. The summed E-state index contributed by atoms with van der Waals surface area (Å²) in [5.41, 5.74) is 0. The van der Waals surface area contributed by atoms with E-state index in [1.54, 1.807) is 12.1 Å². The second-order valence-electron chi connectivity index (χ2n) is 3.35. The van der Waals surface area contributed by atoms with Crippen molar-refractivity contribution in [3.05, 3.63) is 29.0 Å². The third-order valence-electron chi connectivity index (χ3n) is 2.07. The topological polar surface area (TPSA) is 30.5 Å². The van der Waals surface area contributed by atoms with Gasteiger partial charge in [0.2, 0.25) is 0 Å². The number of rotatable bonds is 8. The first-order valence-electron chi connectivity index (χ1n) is 5.61. The molecule has 0 fully saturated rings. The van der Waals surface area contributed by atoms with E-state index in [1.165, 1.54) is 6.07 Å². The van der Waals surface area contributed by atoms with Gasteiger partial charge in [0, 0.05) is 19.7 Å². The first-order chi connectivity index (χ1) is 8.25. The number of halogens is 2. The van der Waals surface area contributed by atoms with E-state index in [9.17, 15) is 4.39 Å². The maximum atomic E-state index is 13.3. The van der Waals surface area contributed by atoms with E-state index in [0.29, 0.717) is 31.4 Å². The van der Waals surface area contributed by atoms with Crippen molar-refractivity contribution in [2.24, 2.45) is 0 Å². The van der Waals surface area contributed by atoms with Gasteiger partial charge in [-0.05, 0) is 19.1 Å². The van der Waals surface area contributed by atoms with Gasteiger partial charge in [-0.25, -0.2) is 4.39 Å². The molecule has 0 saturated heterocycles. The van der Waals surface area contributed by atoms with Crippen molar-refractivity contribution in [2.75, 3.05) is 32.9 Å². The van der Waals surface area contributed by atoms with Crippen LogP contribution in [0.15, 0.2) is 18.2 Å². The van der Waals surface area contributed by atoms with Crippen molar-refractivity contribution >= 4 is 11.6 Å². The van der Waals surface area contributed by atoms with Crippen molar-refractivity contribution in [1.29, 1.82) is 0 Å². The van der Waals surface area contributed by atoms with Crippen LogP contribution in [0.25, 0.3) is 0 Å². The summed E-state index contributed by atoms with van der Waals surface area (Å²) in [4.78, 5) is 0. The summed E-state index contributed by atoms with van der Waals surface area (Å²) in [6.45, 7) is 5.07. The summed E-state index contributed by atoms with van der Waals surface area (Å²) in [5, 5.41) is 3.40. The van der Waals surface area contributed by atoms with Crippen molar-refractivity contribution in [3.63, 3.8) is 0 Å². The molecule has 96 valence electrons. The van der Waals surface area contributed by atoms with E-state index in [2.05, 4.69) is 5.32 Å².